The molecule has 1 aromatic heterocycles. The van der Waals surface area contributed by atoms with E-state index in [0.29, 0.717) is 0 Å². The van der Waals surface area contributed by atoms with Crippen LogP contribution in [-0.2, 0) is 6.42 Å². The molecule has 1 saturated carbocycles. The van der Waals surface area contributed by atoms with Crippen molar-refractivity contribution in [2.75, 3.05) is 20.1 Å². The van der Waals surface area contributed by atoms with Crippen LogP contribution in [0.25, 0.3) is 0 Å². The van der Waals surface area contributed by atoms with E-state index in [1.807, 2.05) is 13.2 Å². The monoisotopic (exact) mass is 380 g/mol. The second-order valence-corrected chi connectivity index (χ2v) is 5.76. The highest BCUT2D eigenvalue weighted by atomic mass is 127. The quantitative estimate of drug-likeness (QED) is 0.468. The number of aliphatic imine (C=N–C) groups is 1. The summed E-state index contributed by atoms with van der Waals surface area (Å²) < 4.78 is 0. The van der Waals surface area contributed by atoms with E-state index in [-0.39, 0.29) is 24.0 Å². The Morgan fingerprint density at radius 3 is 2.83 bits per heavy atom. The van der Waals surface area contributed by atoms with Crippen LogP contribution in [-0.4, -0.2) is 31.1 Å². The van der Waals surface area contributed by atoms with Crippen LogP contribution in [0.15, 0.2) is 11.2 Å². The van der Waals surface area contributed by atoms with Crippen molar-refractivity contribution >= 4 is 41.3 Å². The molecule has 1 aliphatic carbocycles. The molecule has 6 heteroatoms. The number of aryl methyl sites for hydroxylation is 1. The van der Waals surface area contributed by atoms with Crippen molar-refractivity contribution in [3.8, 4) is 0 Å². The van der Waals surface area contributed by atoms with Crippen molar-refractivity contribution in [3.05, 3.63) is 16.1 Å². The third-order valence-electron chi connectivity index (χ3n) is 2.78. The SMILES string of the molecule is CN=C(NCCc1ncc(C)s1)NCC1CC1.I. The van der Waals surface area contributed by atoms with Crippen LogP contribution in [0.4, 0.5) is 0 Å². The van der Waals surface area contributed by atoms with Crippen molar-refractivity contribution in [1.29, 1.82) is 0 Å². The maximum absolute atomic E-state index is 4.34. The summed E-state index contributed by atoms with van der Waals surface area (Å²) in [6, 6.07) is 0. The number of hydrogen-bond donors (Lipinski definition) is 2. The molecule has 0 unspecified atom stereocenters. The third kappa shape index (κ3) is 5.51. The normalized spacial score (nSPS) is 15.1. The molecule has 1 aliphatic rings. The lowest BCUT2D eigenvalue weighted by molar-refractivity contribution is 0.734. The lowest BCUT2D eigenvalue weighted by atomic mass is 10.4. The zero-order chi connectivity index (χ0) is 12.1. The molecular weight excluding hydrogens is 359 g/mol. The number of nitrogens with zero attached hydrogens (tertiary/aromatic N) is 2. The Hall–Kier alpha value is -0.370. The first kappa shape index (κ1) is 15.7. The van der Waals surface area contributed by atoms with Gasteiger partial charge >= 0.3 is 0 Å². The summed E-state index contributed by atoms with van der Waals surface area (Å²) in [6.07, 6.45) is 5.62. The summed E-state index contributed by atoms with van der Waals surface area (Å²) in [5.41, 5.74) is 0. The first-order valence-corrected chi connectivity index (χ1v) is 6.95. The van der Waals surface area contributed by atoms with Gasteiger partial charge in [0.25, 0.3) is 0 Å². The second kappa shape index (κ2) is 7.93. The minimum atomic E-state index is 0. The van der Waals surface area contributed by atoms with E-state index in [9.17, 15) is 0 Å². The lowest BCUT2D eigenvalue weighted by Crippen LogP contribution is -2.39. The van der Waals surface area contributed by atoms with Crippen LogP contribution in [0.5, 0.6) is 0 Å². The maximum atomic E-state index is 4.34. The molecule has 0 atom stereocenters. The Bertz CT molecular complexity index is 387. The van der Waals surface area contributed by atoms with E-state index < -0.39 is 0 Å². The molecule has 1 fully saturated rings. The minimum absolute atomic E-state index is 0. The largest absolute Gasteiger partial charge is 0.356 e. The van der Waals surface area contributed by atoms with Gasteiger partial charge in [-0.3, -0.25) is 4.99 Å². The maximum Gasteiger partial charge on any atom is 0.190 e. The van der Waals surface area contributed by atoms with E-state index in [2.05, 4.69) is 27.5 Å². The number of hydrogen-bond acceptors (Lipinski definition) is 3. The summed E-state index contributed by atoms with van der Waals surface area (Å²) in [6.45, 7) is 4.03. The highest BCUT2D eigenvalue weighted by Gasteiger charge is 2.20. The van der Waals surface area contributed by atoms with Gasteiger partial charge in [-0.05, 0) is 25.7 Å². The fourth-order valence-corrected chi connectivity index (χ4v) is 2.38. The van der Waals surface area contributed by atoms with E-state index in [1.165, 1.54) is 22.7 Å². The predicted molar refractivity (Wildman–Crippen MR) is 88.1 cm³/mol. The molecule has 4 nitrogen and oxygen atoms in total. The minimum Gasteiger partial charge on any atom is -0.356 e. The van der Waals surface area contributed by atoms with Crippen LogP contribution in [0.2, 0.25) is 0 Å². The van der Waals surface area contributed by atoms with Crippen molar-refractivity contribution in [3.63, 3.8) is 0 Å². The number of aromatic nitrogens is 1. The fraction of sp³-hybridized carbons (Fsp3) is 0.667. The second-order valence-electron chi connectivity index (χ2n) is 4.44. The molecule has 0 aliphatic heterocycles. The van der Waals surface area contributed by atoms with Crippen molar-refractivity contribution in [2.24, 2.45) is 10.9 Å². The summed E-state index contributed by atoms with van der Waals surface area (Å²) >= 11 is 1.76. The first-order chi connectivity index (χ1) is 8.28. The summed E-state index contributed by atoms with van der Waals surface area (Å²) in [5, 5.41) is 7.85. The number of thiazole rings is 1. The summed E-state index contributed by atoms with van der Waals surface area (Å²) in [7, 11) is 1.82. The number of halogens is 1. The van der Waals surface area contributed by atoms with Gasteiger partial charge in [0, 0.05) is 37.6 Å². The van der Waals surface area contributed by atoms with Gasteiger partial charge < -0.3 is 10.6 Å². The van der Waals surface area contributed by atoms with Gasteiger partial charge in [-0.25, -0.2) is 4.98 Å². The van der Waals surface area contributed by atoms with Gasteiger partial charge in [0.15, 0.2) is 5.96 Å². The first-order valence-electron chi connectivity index (χ1n) is 6.13. The molecule has 0 bridgehead atoms. The predicted octanol–water partition coefficient (Wildman–Crippen LogP) is 2.19. The topological polar surface area (TPSA) is 49.3 Å². The van der Waals surface area contributed by atoms with Crippen molar-refractivity contribution in [2.45, 2.75) is 26.2 Å². The Morgan fingerprint density at radius 2 is 2.28 bits per heavy atom. The van der Waals surface area contributed by atoms with E-state index in [1.54, 1.807) is 11.3 Å². The molecule has 2 rings (SSSR count). The van der Waals surface area contributed by atoms with E-state index >= 15 is 0 Å². The Kier molecular flexibility index (Phi) is 6.91. The van der Waals surface area contributed by atoms with Crippen molar-refractivity contribution in [1.82, 2.24) is 15.6 Å². The number of rotatable bonds is 5. The standard InChI is InChI=1S/C12H20N4S.HI/c1-9-7-15-11(17-9)5-6-14-12(13-2)16-8-10-3-4-10;/h7,10H,3-6,8H2,1-2H3,(H2,13,14,16);1H. The van der Waals surface area contributed by atoms with Crippen LogP contribution in [0.3, 0.4) is 0 Å². The molecular formula is C12H21IN4S. The molecule has 102 valence electrons. The van der Waals surface area contributed by atoms with Crippen LogP contribution >= 0.6 is 35.3 Å². The van der Waals surface area contributed by atoms with Gasteiger partial charge in [0.2, 0.25) is 0 Å². The molecule has 0 saturated heterocycles. The molecule has 0 amide bonds. The smallest absolute Gasteiger partial charge is 0.190 e. The molecule has 0 aromatic carbocycles. The summed E-state index contributed by atoms with van der Waals surface area (Å²) in [5.74, 6) is 1.78. The van der Waals surface area contributed by atoms with Gasteiger partial charge in [-0.1, -0.05) is 0 Å². The Balaban J connectivity index is 0.00000162. The zero-order valence-corrected chi connectivity index (χ0v) is 14.0. The molecule has 1 heterocycles. The lowest BCUT2D eigenvalue weighted by Gasteiger charge is -2.10. The average molecular weight is 380 g/mol. The average Bonchev–Trinajstić information content (AvgIpc) is 3.06. The summed E-state index contributed by atoms with van der Waals surface area (Å²) in [4.78, 5) is 9.82. The van der Waals surface area contributed by atoms with Gasteiger partial charge in [0.05, 0.1) is 5.01 Å². The number of nitrogens with one attached hydrogen (secondary N) is 2. The molecule has 1 aromatic rings. The Labute approximate surface area is 130 Å². The van der Waals surface area contributed by atoms with Gasteiger partial charge in [-0.2, -0.15) is 0 Å². The van der Waals surface area contributed by atoms with Gasteiger partial charge in [0.1, 0.15) is 0 Å². The highest BCUT2D eigenvalue weighted by Crippen LogP contribution is 2.27. The van der Waals surface area contributed by atoms with Crippen LogP contribution < -0.4 is 10.6 Å². The number of guanidine groups is 1. The van der Waals surface area contributed by atoms with E-state index in [4.69, 9.17) is 0 Å². The van der Waals surface area contributed by atoms with E-state index in [0.717, 1.165) is 31.4 Å². The highest BCUT2D eigenvalue weighted by molar-refractivity contribution is 14.0. The molecule has 2 N–H and O–H groups in total. The zero-order valence-electron chi connectivity index (χ0n) is 10.9. The fourth-order valence-electron chi connectivity index (χ4n) is 1.59. The van der Waals surface area contributed by atoms with Crippen LogP contribution in [0, 0.1) is 12.8 Å². The molecule has 0 radical (unpaired) electrons. The third-order valence-corrected chi connectivity index (χ3v) is 3.75. The van der Waals surface area contributed by atoms with Gasteiger partial charge in [-0.15, -0.1) is 35.3 Å². The molecule has 0 spiro atoms. The van der Waals surface area contributed by atoms with Crippen molar-refractivity contribution < 1.29 is 0 Å². The van der Waals surface area contributed by atoms with Crippen LogP contribution in [0.1, 0.15) is 22.7 Å². The molecule has 18 heavy (non-hydrogen) atoms. The Morgan fingerprint density at radius 1 is 1.50 bits per heavy atom.